The molecule has 0 amide bonds. The Labute approximate surface area is 207 Å². The Bertz CT molecular complexity index is 1230. The summed E-state index contributed by atoms with van der Waals surface area (Å²) in [4.78, 5) is 14.7. The molecule has 5 rings (SSSR count). The number of morpholine rings is 1. The number of nitrogens with one attached hydrogen (secondary N) is 1. The van der Waals surface area contributed by atoms with Crippen LogP contribution in [0.1, 0.15) is 37.2 Å². The molecule has 0 spiro atoms. The quantitative estimate of drug-likeness (QED) is 0.536. The van der Waals surface area contributed by atoms with E-state index in [0.717, 1.165) is 30.9 Å². The Morgan fingerprint density at radius 2 is 1.81 bits per heavy atom. The van der Waals surface area contributed by atoms with Crippen molar-refractivity contribution in [3.05, 3.63) is 53.4 Å². The first-order valence-electron chi connectivity index (χ1n) is 12.1. The predicted octanol–water partition coefficient (Wildman–Crippen LogP) is 4.38. The molecule has 0 unspecified atom stereocenters. The van der Waals surface area contributed by atoms with Gasteiger partial charge in [0.1, 0.15) is 23.2 Å². The van der Waals surface area contributed by atoms with Gasteiger partial charge in [-0.05, 0) is 32.8 Å². The van der Waals surface area contributed by atoms with E-state index in [9.17, 15) is 13.2 Å². The van der Waals surface area contributed by atoms with Crippen LogP contribution in [0.2, 0.25) is 0 Å². The third-order valence-electron chi connectivity index (χ3n) is 6.79. The maximum Gasteiger partial charge on any atom is 0.228 e. The summed E-state index contributed by atoms with van der Waals surface area (Å²) in [7, 11) is 0. The van der Waals surface area contributed by atoms with E-state index in [4.69, 9.17) is 9.47 Å². The van der Waals surface area contributed by atoms with Crippen LogP contribution in [0, 0.1) is 24.4 Å². The number of hydrogen-bond acceptors (Lipinski definition) is 7. The average Bonchev–Trinajstić information content (AvgIpc) is 3.26. The van der Waals surface area contributed by atoms with Gasteiger partial charge in [0.15, 0.2) is 5.82 Å². The van der Waals surface area contributed by atoms with Crippen LogP contribution in [0.4, 0.5) is 24.8 Å². The van der Waals surface area contributed by atoms with Gasteiger partial charge >= 0.3 is 0 Å². The minimum Gasteiger partial charge on any atom is -0.381 e. The Morgan fingerprint density at radius 3 is 2.58 bits per heavy atom. The van der Waals surface area contributed by atoms with Crippen LogP contribution in [0.3, 0.4) is 0 Å². The molecule has 3 aromatic rings. The number of anilines is 2. The van der Waals surface area contributed by atoms with Crippen molar-refractivity contribution >= 4 is 11.6 Å². The molecule has 4 heterocycles. The summed E-state index contributed by atoms with van der Waals surface area (Å²) < 4.78 is 57.5. The number of aromatic nitrogens is 4. The second kappa shape index (κ2) is 10.5. The summed E-state index contributed by atoms with van der Waals surface area (Å²) >= 11 is 0. The summed E-state index contributed by atoms with van der Waals surface area (Å²) in [5, 5.41) is 2.71. The van der Waals surface area contributed by atoms with E-state index in [1.165, 1.54) is 6.07 Å². The molecule has 1 N–H and O–H groups in total. The van der Waals surface area contributed by atoms with Gasteiger partial charge in [-0.1, -0.05) is 0 Å². The molecule has 0 aliphatic carbocycles. The van der Waals surface area contributed by atoms with Crippen LogP contribution in [0.25, 0.3) is 11.4 Å². The Balaban J connectivity index is 1.39. The van der Waals surface area contributed by atoms with Crippen molar-refractivity contribution < 1.29 is 22.6 Å². The Hall–Kier alpha value is -3.02. The van der Waals surface area contributed by atoms with Crippen molar-refractivity contribution in [3.8, 4) is 11.4 Å². The smallest absolute Gasteiger partial charge is 0.228 e. The third-order valence-corrected chi connectivity index (χ3v) is 6.79. The molecule has 36 heavy (non-hydrogen) atoms. The van der Waals surface area contributed by atoms with Gasteiger partial charge in [-0.3, -0.25) is 4.90 Å². The van der Waals surface area contributed by atoms with Gasteiger partial charge in [-0.25, -0.2) is 28.1 Å². The van der Waals surface area contributed by atoms with Gasteiger partial charge < -0.3 is 19.4 Å². The molecule has 11 heteroatoms. The van der Waals surface area contributed by atoms with Crippen LogP contribution < -0.4 is 5.32 Å². The van der Waals surface area contributed by atoms with E-state index in [2.05, 4.69) is 20.3 Å². The number of hydrogen-bond donors (Lipinski definition) is 1. The van der Waals surface area contributed by atoms with E-state index in [1.807, 2.05) is 23.3 Å². The normalized spacial score (nSPS) is 19.5. The summed E-state index contributed by atoms with van der Waals surface area (Å²) in [5.41, 5.74) is 0.670. The summed E-state index contributed by atoms with van der Waals surface area (Å²) in [6.07, 6.45) is 4.15. The first kappa shape index (κ1) is 24.7. The van der Waals surface area contributed by atoms with Gasteiger partial charge in [0, 0.05) is 50.0 Å². The molecule has 1 aromatic carbocycles. The molecule has 2 fully saturated rings. The van der Waals surface area contributed by atoms with E-state index in [-0.39, 0.29) is 41.5 Å². The molecule has 2 aliphatic heterocycles. The van der Waals surface area contributed by atoms with Crippen molar-refractivity contribution in [2.75, 3.05) is 38.3 Å². The lowest BCUT2D eigenvalue weighted by Gasteiger charge is -2.33. The van der Waals surface area contributed by atoms with Gasteiger partial charge in [0.25, 0.3) is 0 Å². The highest BCUT2D eigenvalue weighted by atomic mass is 19.1. The monoisotopic (exact) mass is 502 g/mol. The molecule has 8 nitrogen and oxygen atoms in total. The SMILES string of the molecule is Cc1ncc(-c2nc(Nc3cc(F)c(CN4CCOC[C@@H]4C)cc3F)ncc2F)n1C1CCOCC1. The predicted molar refractivity (Wildman–Crippen MR) is 127 cm³/mol. The Kier molecular flexibility index (Phi) is 7.22. The fourth-order valence-electron chi connectivity index (χ4n) is 4.78. The van der Waals surface area contributed by atoms with Gasteiger partial charge in [-0.2, -0.15) is 0 Å². The molecular weight excluding hydrogens is 473 g/mol. The van der Waals surface area contributed by atoms with Crippen molar-refractivity contribution in [1.82, 2.24) is 24.4 Å². The third kappa shape index (κ3) is 5.09. The van der Waals surface area contributed by atoms with Gasteiger partial charge in [0.2, 0.25) is 5.95 Å². The number of halogens is 3. The van der Waals surface area contributed by atoms with Crippen molar-refractivity contribution in [2.45, 2.75) is 45.3 Å². The number of imidazole rings is 1. The molecule has 0 bridgehead atoms. The van der Waals surface area contributed by atoms with Gasteiger partial charge in [0.05, 0.1) is 37.0 Å². The second-order valence-electron chi connectivity index (χ2n) is 9.24. The number of nitrogens with zero attached hydrogens (tertiary/aromatic N) is 5. The molecule has 0 saturated carbocycles. The number of ether oxygens (including phenoxy) is 2. The lowest BCUT2D eigenvalue weighted by Crippen LogP contribution is -2.43. The maximum atomic E-state index is 15.0. The highest BCUT2D eigenvalue weighted by molar-refractivity contribution is 5.60. The zero-order valence-electron chi connectivity index (χ0n) is 20.3. The first-order valence-corrected chi connectivity index (χ1v) is 12.1. The van der Waals surface area contributed by atoms with Crippen LogP contribution in [-0.2, 0) is 16.0 Å². The van der Waals surface area contributed by atoms with Crippen LogP contribution >= 0.6 is 0 Å². The number of aryl methyl sites for hydroxylation is 1. The standard InChI is InChI=1S/C25H29F3N6O2/c1-15-14-36-8-5-33(15)13-17-9-20(27)22(10-19(17)26)31-25-30-11-21(28)24(32-25)23-12-29-16(2)34(23)18-3-6-35-7-4-18/h9-12,15,18H,3-8,13-14H2,1-2H3,(H,30,31,32)/t15-/m0/s1. The maximum absolute atomic E-state index is 15.0. The Morgan fingerprint density at radius 1 is 1.00 bits per heavy atom. The topological polar surface area (TPSA) is 77.3 Å². The van der Waals surface area contributed by atoms with Crippen molar-refractivity contribution in [2.24, 2.45) is 0 Å². The van der Waals surface area contributed by atoms with Crippen LogP contribution in [-0.4, -0.2) is 63.4 Å². The number of rotatable bonds is 6. The molecule has 2 aliphatic rings. The lowest BCUT2D eigenvalue weighted by atomic mass is 10.1. The molecule has 192 valence electrons. The zero-order chi connectivity index (χ0) is 25.2. The van der Waals surface area contributed by atoms with Crippen molar-refractivity contribution in [1.29, 1.82) is 0 Å². The largest absolute Gasteiger partial charge is 0.381 e. The molecule has 2 aromatic heterocycles. The zero-order valence-corrected chi connectivity index (χ0v) is 20.3. The van der Waals surface area contributed by atoms with E-state index >= 15 is 0 Å². The summed E-state index contributed by atoms with van der Waals surface area (Å²) in [6.45, 7) is 7.12. The highest BCUT2D eigenvalue weighted by Crippen LogP contribution is 2.31. The molecule has 0 radical (unpaired) electrons. The van der Waals surface area contributed by atoms with E-state index in [0.29, 0.717) is 38.7 Å². The fraction of sp³-hybridized carbons (Fsp3) is 0.480. The average molecular weight is 503 g/mol. The molecule has 2 saturated heterocycles. The van der Waals surface area contributed by atoms with Gasteiger partial charge in [-0.15, -0.1) is 0 Å². The second-order valence-corrected chi connectivity index (χ2v) is 9.24. The van der Waals surface area contributed by atoms with Crippen molar-refractivity contribution in [3.63, 3.8) is 0 Å². The van der Waals surface area contributed by atoms with E-state index < -0.39 is 17.5 Å². The van der Waals surface area contributed by atoms with Crippen LogP contribution in [0.5, 0.6) is 0 Å². The van der Waals surface area contributed by atoms with E-state index in [1.54, 1.807) is 6.20 Å². The first-order chi connectivity index (χ1) is 17.4. The molecular formula is C25H29F3N6O2. The summed E-state index contributed by atoms with van der Waals surface area (Å²) in [5.74, 6) is -1.13. The number of benzene rings is 1. The van der Waals surface area contributed by atoms with Crippen LogP contribution in [0.15, 0.2) is 24.5 Å². The molecule has 1 atom stereocenters. The lowest BCUT2D eigenvalue weighted by molar-refractivity contribution is -0.00483. The minimum absolute atomic E-state index is 0.0402. The fourth-order valence-corrected chi connectivity index (χ4v) is 4.78. The highest BCUT2D eigenvalue weighted by Gasteiger charge is 2.24. The minimum atomic E-state index is -0.648. The summed E-state index contributed by atoms with van der Waals surface area (Å²) in [6, 6.07) is 2.48.